The second-order valence-electron chi connectivity index (χ2n) is 2.51. The Kier molecular flexibility index (Phi) is 2.77. The predicted molar refractivity (Wildman–Crippen MR) is 40.9 cm³/mol. The number of aliphatic hydroxyl groups is 1. The Balaban J connectivity index is 2.64. The van der Waals surface area contributed by atoms with E-state index in [1.54, 1.807) is 11.7 Å². The first-order chi connectivity index (χ1) is 5.77. The van der Waals surface area contributed by atoms with E-state index in [4.69, 9.17) is 10.4 Å². The largest absolute Gasteiger partial charge is 0.395 e. The van der Waals surface area contributed by atoms with Gasteiger partial charge in [-0.2, -0.15) is 10.4 Å². The highest BCUT2D eigenvalue weighted by molar-refractivity contribution is 4.93. The third kappa shape index (κ3) is 1.80. The molecule has 1 rings (SSSR count). The summed E-state index contributed by atoms with van der Waals surface area (Å²) in [6, 6.07) is 1.99. The first-order valence-corrected chi connectivity index (χ1v) is 3.61. The summed E-state index contributed by atoms with van der Waals surface area (Å²) in [5, 5.41) is 21.1. The van der Waals surface area contributed by atoms with Gasteiger partial charge < -0.3 is 5.11 Å². The minimum Gasteiger partial charge on any atom is -0.395 e. The van der Waals surface area contributed by atoms with Crippen molar-refractivity contribution in [1.82, 2.24) is 14.8 Å². The van der Waals surface area contributed by atoms with Crippen LogP contribution in [0.15, 0.2) is 6.33 Å². The van der Waals surface area contributed by atoms with Crippen molar-refractivity contribution in [1.29, 1.82) is 5.26 Å². The van der Waals surface area contributed by atoms with Gasteiger partial charge in [0.15, 0.2) is 0 Å². The lowest BCUT2D eigenvalue weighted by molar-refractivity contribution is 0.253. The van der Waals surface area contributed by atoms with Crippen molar-refractivity contribution in [3.8, 4) is 6.07 Å². The average Bonchev–Trinajstić information content (AvgIpc) is 2.47. The molecule has 64 valence electrons. The van der Waals surface area contributed by atoms with Crippen LogP contribution in [0, 0.1) is 17.2 Å². The Morgan fingerprint density at radius 1 is 1.83 bits per heavy atom. The summed E-state index contributed by atoms with van der Waals surface area (Å²) in [7, 11) is 1.76. The van der Waals surface area contributed by atoms with Crippen LogP contribution in [0.4, 0.5) is 0 Å². The van der Waals surface area contributed by atoms with Crippen molar-refractivity contribution in [3.05, 3.63) is 12.2 Å². The van der Waals surface area contributed by atoms with Crippen molar-refractivity contribution in [2.45, 2.75) is 6.42 Å². The molecule has 0 spiro atoms. The van der Waals surface area contributed by atoms with Gasteiger partial charge in [-0.3, -0.25) is 4.68 Å². The average molecular weight is 166 g/mol. The fourth-order valence-electron chi connectivity index (χ4n) is 0.876. The number of nitrogens with zero attached hydrogens (tertiary/aromatic N) is 4. The zero-order chi connectivity index (χ0) is 8.97. The van der Waals surface area contributed by atoms with Crippen molar-refractivity contribution in [3.63, 3.8) is 0 Å². The van der Waals surface area contributed by atoms with Gasteiger partial charge >= 0.3 is 0 Å². The summed E-state index contributed by atoms with van der Waals surface area (Å²) in [5.41, 5.74) is 0. The van der Waals surface area contributed by atoms with E-state index in [1.807, 2.05) is 6.07 Å². The monoisotopic (exact) mass is 166 g/mol. The van der Waals surface area contributed by atoms with Crippen LogP contribution in [0.25, 0.3) is 0 Å². The van der Waals surface area contributed by atoms with Gasteiger partial charge in [-0.15, -0.1) is 0 Å². The summed E-state index contributed by atoms with van der Waals surface area (Å²) < 4.78 is 1.60. The van der Waals surface area contributed by atoms with Crippen LogP contribution >= 0.6 is 0 Å². The van der Waals surface area contributed by atoms with Crippen LogP contribution in [0.3, 0.4) is 0 Å². The van der Waals surface area contributed by atoms with Gasteiger partial charge in [-0.1, -0.05) is 0 Å². The molecule has 0 fully saturated rings. The van der Waals surface area contributed by atoms with Crippen LogP contribution < -0.4 is 0 Å². The molecule has 1 aromatic rings. The van der Waals surface area contributed by atoms with Crippen LogP contribution in [-0.2, 0) is 13.5 Å². The van der Waals surface area contributed by atoms with Gasteiger partial charge in [-0.05, 0) is 0 Å². The number of aryl methyl sites for hydroxylation is 1. The van der Waals surface area contributed by atoms with Crippen molar-refractivity contribution in [2.75, 3.05) is 6.61 Å². The highest BCUT2D eigenvalue weighted by Gasteiger charge is 2.10. The molecule has 0 aliphatic carbocycles. The number of aromatic nitrogens is 3. The normalized spacial score (nSPS) is 12.4. The maximum atomic E-state index is 8.74. The van der Waals surface area contributed by atoms with Crippen molar-refractivity contribution in [2.24, 2.45) is 13.0 Å². The van der Waals surface area contributed by atoms with E-state index in [-0.39, 0.29) is 12.5 Å². The summed E-state index contributed by atoms with van der Waals surface area (Å²) in [5.74, 6) is 0.337. The smallest absolute Gasteiger partial charge is 0.138 e. The van der Waals surface area contributed by atoms with Gasteiger partial charge in [0.2, 0.25) is 0 Å². The molecule has 1 aromatic heterocycles. The fourth-order valence-corrected chi connectivity index (χ4v) is 0.876. The van der Waals surface area contributed by atoms with E-state index in [2.05, 4.69) is 10.1 Å². The zero-order valence-electron chi connectivity index (χ0n) is 6.80. The van der Waals surface area contributed by atoms with Crippen molar-refractivity contribution >= 4 is 0 Å². The summed E-state index contributed by atoms with van der Waals surface area (Å²) >= 11 is 0. The number of hydrogen-bond donors (Lipinski definition) is 1. The Morgan fingerprint density at radius 3 is 3.00 bits per heavy atom. The molecule has 0 aliphatic heterocycles. The molecule has 0 radical (unpaired) electrons. The lowest BCUT2D eigenvalue weighted by Crippen LogP contribution is -2.11. The molecule has 1 unspecified atom stereocenters. The maximum Gasteiger partial charge on any atom is 0.138 e. The van der Waals surface area contributed by atoms with E-state index in [0.717, 1.165) is 5.82 Å². The van der Waals surface area contributed by atoms with Gasteiger partial charge in [0.1, 0.15) is 12.2 Å². The molecular formula is C7H10N4O. The van der Waals surface area contributed by atoms with E-state index in [0.29, 0.717) is 6.42 Å². The van der Waals surface area contributed by atoms with E-state index in [1.165, 1.54) is 6.33 Å². The fraction of sp³-hybridized carbons (Fsp3) is 0.571. The van der Waals surface area contributed by atoms with E-state index in [9.17, 15) is 0 Å². The molecule has 1 N–H and O–H groups in total. The molecular weight excluding hydrogens is 156 g/mol. The van der Waals surface area contributed by atoms with Crippen LogP contribution in [0.1, 0.15) is 5.82 Å². The van der Waals surface area contributed by atoms with Gasteiger partial charge in [-0.25, -0.2) is 4.98 Å². The molecule has 0 bridgehead atoms. The minimum atomic E-state index is -0.382. The standard InChI is InChI=1S/C7H10N4O/c1-11-7(9-5-10-11)2-6(3-8)4-12/h5-6,12H,2,4H2,1H3. The Hall–Kier alpha value is -1.41. The molecule has 12 heavy (non-hydrogen) atoms. The molecule has 5 heteroatoms. The lowest BCUT2D eigenvalue weighted by Gasteiger charge is -2.02. The Morgan fingerprint density at radius 2 is 2.58 bits per heavy atom. The van der Waals surface area contributed by atoms with E-state index >= 15 is 0 Å². The third-order valence-electron chi connectivity index (χ3n) is 1.64. The number of nitriles is 1. The second-order valence-corrected chi connectivity index (χ2v) is 2.51. The topological polar surface area (TPSA) is 74.7 Å². The predicted octanol–water partition coefficient (Wildman–Crippen LogP) is -0.510. The Bertz CT molecular complexity index is 288. The summed E-state index contributed by atoms with van der Waals surface area (Å²) in [4.78, 5) is 3.94. The first-order valence-electron chi connectivity index (χ1n) is 3.61. The second kappa shape index (κ2) is 3.83. The van der Waals surface area contributed by atoms with Gasteiger partial charge in [0.25, 0.3) is 0 Å². The van der Waals surface area contributed by atoms with Gasteiger partial charge in [0, 0.05) is 13.5 Å². The minimum absolute atomic E-state index is 0.136. The SMILES string of the molecule is Cn1ncnc1CC(C#N)CO. The molecule has 5 nitrogen and oxygen atoms in total. The molecule has 0 aliphatic rings. The van der Waals surface area contributed by atoms with Crippen LogP contribution in [0.2, 0.25) is 0 Å². The number of aliphatic hydroxyl groups excluding tert-OH is 1. The lowest BCUT2D eigenvalue weighted by atomic mass is 10.1. The first kappa shape index (κ1) is 8.68. The Labute approximate surface area is 70.3 Å². The van der Waals surface area contributed by atoms with Crippen molar-refractivity contribution < 1.29 is 5.11 Å². The molecule has 1 heterocycles. The highest BCUT2D eigenvalue weighted by Crippen LogP contribution is 2.02. The maximum absolute atomic E-state index is 8.74. The highest BCUT2D eigenvalue weighted by atomic mass is 16.3. The van der Waals surface area contributed by atoms with E-state index < -0.39 is 0 Å². The molecule has 0 amide bonds. The quantitative estimate of drug-likeness (QED) is 0.656. The number of rotatable bonds is 3. The molecule has 1 atom stereocenters. The summed E-state index contributed by atoms with van der Waals surface area (Å²) in [6.07, 6.45) is 1.88. The zero-order valence-corrected chi connectivity index (χ0v) is 6.80. The summed E-state index contributed by atoms with van der Waals surface area (Å²) in [6.45, 7) is -0.136. The van der Waals surface area contributed by atoms with Gasteiger partial charge in [0.05, 0.1) is 18.6 Å². The third-order valence-corrected chi connectivity index (χ3v) is 1.64. The molecule has 0 saturated carbocycles. The number of hydrogen-bond acceptors (Lipinski definition) is 4. The van der Waals surface area contributed by atoms with Crippen LogP contribution in [-0.4, -0.2) is 26.5 Å². The van der Waals surface area contributed by atoms with Crippen LogP contribution in [0.5, 0.6) is 0 Å². The molecule has 0 aromatic carbocycles. The molecule has 0 saturated heterocycles.